The van der Waals surface area contributed by atoms with Gasteiger partial charge in [-0.2, -0.15) is 0 Å². The van der Waals surface area contributed by atoms with Crippen LogP contribution in [0.25, 0.3) is 60.6 Å². The summed E-state index contributed by atoms with van der Waals surface area (Å²) in [4.78, 5) is 0. The summed E-state index contributed by atoms with van der Waals surface area (Å²) < 4.78 is 8.40. The second-order valence-electron chi connectivity index (χ2n) is 8.73. The predicted octanol–water partition coefficient (Wildman–Crippen LogP) is 9.68. The van der Waals surface area contributed by atoms with E-state index in [1.165, 1.54) is 44.2 Å². The van der Waals surface area contributed by atoms with Gasteiger partial charge in [0.1, 0.15) is 11.2 Å². The number of nitrogens with zero attached hydrogens (tertiary/aromatic N) is 1. The number of para-hydroxylation sites is 2. The van der Waals surface area contributed by atoms with Gasteiger partial charge < -0.3 is 8.98 Å². The summed E-state index contributed by atoms with van der Waals surface area (Å²) in [7, 11) is 0. The van der Waals surface area contributed by atoms with E-state index in [2.05, 4.69) is 109 Å². The molecule has 0 unspecified atom stereocenters. The molecule has 0 bridgehead atoms. The average molecular weight is 454 g/mol. The number of aryl methyl sites for hydroxylation is 1. The van der Waals surface area contributed by atoms with Crippen LogP contribution in [0, 0.1) is 6.92 Å². The lowest BCUT2D eigenvalue weighted by molar-refractivity contribution is 0.669. The van der Waals surface area contributed by atoms with Gasteiger partial charge >= 0.3 is 0 Å². The molecule has 5 aromatic carbocycles. The van der Waals surface area contributed by atoms with Crippen molar-refractivity contribution in [3.63, 3.8) is 0 Å². The van der Waals surface area contributed by atoms with Crippen LogP contribution in [-0.2, 0) is 0 Å². The average Bonchev–Trinajstić information content (AvgIpc) is 3.45. The van der Waals surface area contributed by atoms with Crippen molar-refractivity contribution < 1.29 is 4.42 Å². The van der Waals surface area contributed by atoms with Crippen LogP contribution in [0.5, 0.6) is 0 Å². The highest BCUT2D eigenvalue weighted by molar-refractivity contribution is 6.11. The maximum atomic E-state index is 6.03. The van der Waals surface area contributed by atoms with Crippen LogP contribution in [0.1, 0.15) is 19.4 Å². The third kappa shape index (κ3) is 3.41. The zero-order valence-corrected chi connectivity index (χ0v) is 20.2. The molecule has 0 fully saturated rings. The van der Waals surface area contributed by atoms with Crippen molar-refractivity contribution >= 4 is 43.7 Å². The third-order valence-electron chi connectivity index (χ3n) is 6.65. The molecule has 170 valence electrons. The Hall–Kier alpha value is -4.30. The number of furan rings is 1. The zero-order chi connectivity index (χ0) is 23.9. The Balaban J connectivity index is 0.00000112. The molecule has 0 aliphatic carbocycles. The molecule has 35 heavy (non-hydrogen) atoms. The molecule has 2 nitrogen and oxygen atoms in total. The Kier molecular flexibility index (Phi) is 5.15. The summed E-state index contributed by atoms with van der Waals surface area (Å²) in [5.74, 6) is 0. The van der Waals surface area contributed by atoms with E-state index < -0.39 is 0 Å². The SMILES string of the molecule is CC.Cc1ccc2c(c1)c1cc(-c3ccc4oc5ccccc5c4c3)ccc1n2-c1ccccc1. The largest absolute Gasteiger partial charge is 0.456 e. The molecule has 0 aliphatic heterocycles. The summed E-state index contributed by atoms with van der Waals surface area (Å²) in [6, 6.07) is 38.9. The normalized spacial score (nSPS) is 11.3. The maximum absolute atomic E-state index is 6.03. The summed E-state index contributed by atoms with van der Waals surface area (Å²) >= 11 is 0. The summed E-state index contributed by atoms with van der Waals surface area (Å²) in [6.07, 6.45) is 0. The van der Waals surface area contributed by atoms with Crippen molar-refractivity contribution in [2.24, 2.45) is 0 Å². The van der Waals surface area contributed by atoms with Crippen LogP contribution in [0.2, 0.25) is 0 Å². The van der Waals surface area contributed by atoms with Crippen molar-refractivity contribution in [2.45, 2.75) is 20.8 Å². The van der Waals surface area contributed by atoms with Gasteiger partial charge in [-0.25, -0.2) is 0 Å². The Bertz CT molecular complexity index is 1820. The second kappa shape index (κ2) is 8.48. The van der Waals surface area contributed by atoms with Gasteiger partial charge in [0.2, 0.25) is 0 Å². The van der Waals surface area contributed by atoms with E-state index in [1.54, 1.807) is 0 Å². The topological polar surface area (TPSA) is 18.1 Å². The van der Waals surface area contributed by atoms with E-state index >= 15 is 0 Å². The van der Waals surface area contributed by atoms with Gasteiger partial charge in [-0.1, -0.05) is 74.0 Å². The zero-order valence-electron chi connectivity index (χ0n) is 20.2. The standard InChI is InChI=1S/C31H21NO.C2H6/c1-20-11-14-28-25(17-20)26-18-21(12-15-29(26)32(28)23-7-3-2-4-8-23)22-13-16-31-27(19-22)24-9-5-6-10-30(24)33-31;1-2/h2-19H,1H3;1-2H3. The summed E-state index contributed by atoms with van der Waals surface area (Å²) in [6.45, 7) is 6.16. The number of aromatic nitrogens is 1. The maximum Gasteiger partial charge on any atom is 0.135 e. The summed E-state index contributed by atoms with van der Waals surface area (Å²) in [5.41, 5.74) is 9.17. The molecule has 0 amide bonds. The molecule has 0 N–H and O–H groups in total. The molecule has 2 heteroatoms. The first-order valence-corrected chi connectivity index (χ1v) is 12.3. The highest BCUT2D eigenvalue weighted by atomic mass is 16.3. The van der Waals surface area contributed by atoms with Crippen LogP contribution in [-0.4, -0.2) is 4.57 Å². The van der Waals surface area contributed by atoms with Crippen molar-refractivity contribution in [3.05, 3.63) is 115 Å². The van der Waals surface area contributed by atoms with Gasteiger partial charge in [0, 0.05) is 27.2 Å². The molecular weight excluding hydrogens is 426 g/mol. The molecule has 2 aromatic heterocycles. The van der Waals surface area contributed by atoms with E-state index in [4.69, 9.17) is 4.42 Å². The predicted molar refractivity (Wildman–Crippen MR) is 150 cm³/mol. The minimum absolute atomic E-state index is 0.928. The second-order valence-corrected chi connectivity index (χ2v) is 8.73. The first kappa shape index (κ1) is 21.2. The van der Waals surface area contributed by atoms with Crippen molar-refractivity contribution in [3.8, 4) is 16.8 Å². The van der Waals surface area contributed by atoms with Gasteiger partial charge in [-0.05, 0) is 72.6 Å². The lowest BCUT2D eigenvalue weighted by Gasteiger charge is -2.08. The fourth-order valence-electron chi connectivity index (χ4n) is 5.08. The van der Waals surface area contributed by atoms with Gasteiger partial charge in [0.05, 0.1) is 11.0 Å². The van der Waals surface area contributed by atoms with Gasteiger partial charge in [0.15, 0.2) is 0 Å². The monoisotopic (exact) mass is 453 g/mol. The number of hydrogen-bond donors (Lipinski definition) is 0. The minimum Gasteiger partial charge on any atom is -0.456 e. The van der Waals surface area contributed by atoms with Gasteiger partial charge in [0.25, 0.3) is 0 Å². The molecule has 0 aliphatic rings. The Labute approximate surface area is 205 Å². The number of benzene rings is 5. The van der Waals surface area contributed by atoms with Crippen LogP contribution >= 0.6 is 0 Å². The number of hydrogen-bond acceptors (Lipinski definition) is 1. The Morgan fingerprint density at radius 1 is 0.514 bits per heavy atom. The van der Waals surface area contributed by atoms with E-state index in [0.29, 0.717) is 0 Å². The first-order valence-electron chi connectivity index (χ1n) is 12.3. The highest BCUT2D eigenvalue weighted by Crippen LogP contribution is 2.37. The molecule has 0 saturated carbocycles. The smallest absolute Gasteiger partial charge is 0.135 e. The molecule has 0 radical (unpaired) electrons. The molecule has 2 heterocycles. The lowest BCUT2D eigenvalue weighted by Crippen LogP contribution is -1.93. The molecule has 0 atom stereocenters. The molecule has 7 rings (SSSR count). The van der Waals surface area contributed by atoms with Crippen LogP contribution in [0.3, 0.4) is 0 Å². The molecule has 0 saturated heterocycles. The van der Waals surface area contributed by atoms with Crippen LogP contribution in [0.15, 0.2) is 114 Å². The highest BCUT2D eigenvalue weighted by Gasteiger charge is 2.14. The minimum atomic E-state index is 0.928. The molecule has 7 aromatic rings. The molecular formula is C33H27NO. The van der Waals surface area contributed by atoms with Crippen molar-refractivity contribution in [1.82, 2.24) is 4.57 Å². The third-order valence-corrected chi connectivity index (χ3v) is 6.65. The van der Waals surface area contributed by atoms with Crippen LogP contribution in [0.4, 0.5) is 0 Å². The summed E-state index contributed by atoms with van der Waals surface area (Å²) in [5, 5.41) is 4.87. The van der Waals surface area contributed by atoms with E-state index in [1.807, 2.05) is 26.0 Å². The quantitative estimate of drug-likeness (QED) is 0.255. The molecule has 0 spiro atoms. The van der Waals surface area contributed by atoms with E-state index in [9.17, 15) is 0 Å². The lowest BCUT2D eigenvalue weighted by atomic mass is 10.0. The van der Waals surface area contributed by atoms with E-state index in [0.717, 1.165) is 21.9 Å². The fourth-order valence-corrected chi connectivity index (χ4v) is 5.08. The Morgan fingerprint density at radius 3 is 1.91 bits per heavy atom. The van der Waals surface area contributed by atoms with E-state index in [-0.39, 0.29) is 0 Å². The Morgan fingerprint density at radius 2 is 1.11 bits per heavy atom. The first-order chi connectivity index (χ1) is 17.3. The van der Waals surface area contributed by atoms with Gasteiger partial charge in [-0.15, -0.1) is 0 Å². The number of fused-ring (bicyclic) bond motifs is 6. The van der Waals surface area contributed by atoms with Crippen molar-refractivity contribution in [1.29, 1.82) is 0 Å². The number of rotatable bonds is 2. The van der Waals surface area contributed by atoms with Crippen LogP contribution < -0.4 is 0 Å². The fraction of sp³-hybridized carbons (Fsp3) is 0.0909. The van der Waals surface area contributed by atoms with Crippen molar-refractivity contribution in [2.75, 3.05) is 0 Å². The van der Waals surface area contributed by atoms with Gasteiger partial charge in [-0.3, -0.25) is 0 Å².